The van der Waals surface area contributed by atoms with Crippen molar-refractivity contribution in [3.8, 4) is 0 Å². The molecule has 0 heterocycles. The van der Waals surface area contributed by atoms with E-state index in [9.17, 15) is 13.2 Å². The molecule has 0 bridgehead atoms. The molecule has 0 aromatic heterocycles. The van der Waals surface area contributed by atoms with Gasteiger partial charge in [0.15, 0.2) is 0 Å². The maximum atomic E-state index is 11.5. The fourth-order valence-electron chi connectivity index (χ4n) is 0.854. The molecule has 0 spiro atoms. The lowest BCUT2D eigenvalue weighted by Gasteiger charge is -2.05. The molecule has 1 aromatic carbocycles. The molecule has 15 heavy (non-hydrogen) atoms. The highest BCUT2D eigenvalue weighted by molar-refractivity contribution is 8.22. The van der Waals surface area contributed by atoms with Crippen molar-refractivity contribution in [3.63, 3.8) is 0 Å². The lowest BCUT2D eigenvalue weighted by Crippen LogP contribution is -2.14. The summed E-state index contributed by atoms with van der Waals surface area (Å²) in [7, 11) is -4.16. The number of carbonyl (C=O) groups is 1. The average molecular weight is 246 g/mol. The third-order valence-electron chi connectivity index (χ3n) is 1.70. The van der Waals surface area contributed by atoms with Crippen LogP contribution < -0.4 is 0 Å². The summed E-state index contributed by atoms with van der Waals surface area (Å²) in [6.45, 7) is 1.26. The normalized spacial score (nSPS) is 13.5. The smallest absolute Gasteiger partial charge is 0.277 e. The molecule has 0 aliphatic carbocycles. The molecule has 82 valence electrons. The van der Waals surface area contributed by atoms with Crippen LogP contribution in [0, 0.1) is 0 Å². The Kier molecular flexibility index (Phi) is 3.90. The number of rotatable bonds is 3. The van der Waals surface area contributed by atoms with Crippen LogP contribution in [0.1, 0.15) is 17.3 Å². The molecule has 1 N–H and O–H groups in total. The molecule has 4 nitrogen and oxygen atoms in total. The van der Waals surface area contributed by atoms with E-state index in [-0.39, 0.29) is 5.12 Å². The summed E-state index contributed by atoms with van der Waals surface area (Å²) < 4.78 is 28.9. The molecule has 0 radical (unpaired) electrons. The highest BCUT2D eigenvalue weighted by atomic mass is 32.3. The second kappa shape index (κ2) is 4.78. The molecule has 0 aliphatic rings. The Morgan fingerprint density at radius 2 is 1.87 bits per heavy atom. The van der Waals surface area contributed by atoms with Gasteiger partial charge >= 0.3 is 0 Å². The van der Waals surface area contributed by atoms with Gasteiger partial charge in [0.1, 0.15) is 4.58 Å². The lowest BCUT2D eigenvalue weighted by molar-refractivity contribution is 0.108. The molecule has 0 aliphatic heterocycles. The predicted octanol–water partition coefficient (Wildman–Crippen LogP) is 1.79. The number of carbonyl (C=O) groups excluding carboxylic acids is 1. The van der Waals surface area contributed by atoms with E-state index >= 15 is 0 Å². The summed E-state index contributed by atoms with van der Waals surface area (Å²) in [4.78, 5) is 11.5. The molecule has 0 saturated carbocycles. The summed E-state index contributed by atoms with van der Waals surface area (Å²) in [5.74, 6) is 0. The van der Waals surface area contributed by atoms with Gasteiger partial charge in [0.2, 0.25) is 5.12 Å². The Morgan fingerprint density at radius 1 is 1.33 bits per heavy atom. The Balaban J connectivity index is 2.74. The van der Waals surface area contributed by atoms with Crippen molar-refractivity contribution in [1.82, 2.24) is 0 Å². The fourth-order valence-corrected chi connectivity index (χ4v) is 2.18. The van der Waals surface area contributed by atoms with Crippen LogP contribution in [0.4, 0.5) is 0 Å². The van der Waals surface area contributed by atoms with E-state index in [4.69, 9.17) is 4.55 Å². The quantitative estimate of drug-likeness (QED) is 0.823. The highest BCUT2D eigenvalue weighted by Gasteiger charge is 2.22. The van der Waals surface area contributed by atoms with Crippen molar-refractivity contribution in [3.05, 3.63) is 35.9 Å². The standard InChI is InChI=1S/C9H10O4S2/c1-7(15(11,12)13)14-9(10)8-5-3-2-4-6-8/h2-7H,1H3,(H,11,12,13)/t7-/m1/s1. The zero-order valence-corrected chi connectivity index (χ0v) is 9.59. The lowest BCUT2D eigenvalue weighted by atomic mass is 10.2. The van der Waals surface area contributed by atoms with Crippen LogP contribution in [0.25, 0.3) is 0 Å². The summed E-state index contributed by atoms with van der Waals surface area (Å²) in [6, 6.07) is 8.31. The number of thioether (sulfide) groups is 1. The topological polar surface area (TPSA) is 71.4 Å². The second-order valence-electron chi connectivity index (χ2n) is 2.85. The number of hydrogen-bond acceptors (Lipinski definition) is 4. The van der Waals surface area contributed by atoms with E-state index < -0.39 is 14.7 Å². The first-order chi connectivity index (χ1) is 6.91. The van der Waals surface area contributed by atoms with Gasteiger partial charge in [-0.2, -0.15) is 8.42 Å². The fraction of sp³-hybridized carbons (Fsp3) is 0.222. The third-order valence-corrected chi connectivity index (χ3v) is 4.34. The van der Waals surface area contributed by atoms with E-state index in [1.165, 1.54) is 6.92 Å². The molecule has 6 heteroatoms. The van der Waals surface area contributed by atoms with Crippen molar-refractivity contribution in [1.29, 1.82) is 0 Å². The van der Waals surface area contributed by atoms with Gasteiger partial charge in [0, 0.05) is 5.56 Å². The highest BCUT2D eigenvalue weighted by Crippen LogP contribution is 2.20. The van der Waals surface area contributed by atoms with Crippen LogP contribution in [0.2, 0.25) is 0 Å². The zero-order chi connectivity index (χ0) is 11.5. The van der Waals surface area contributed by atoms with Crippen molar-refractivity contribution in [2.75, 3.05) is 0 Å². The van der Waals surface area contributed by atoms with Crippen molar-refractivity contribution >= 4 is 27.0 Å². The van der Waals surface area contributed by atoms with E-state index in [2.05, 4.69) is 0 Å². The second-order valence-corrected chi connectivity index (χ2v) is 6.20. The van der Waals surface area contributed by atoms with Gasteiger partial charge in [-0.3, -0.25) is 9.35 Å². The molecular weight excluding hydrogens is 236 g/mol. The van der Waals surface area contributed by atoms with Crippen LogP contribution in [-0.4, -0.2) is 22.7 Å². The Hall–Kier alpha value is -0.850. The van der Waals surface area contributed by atoms with Crippen LogP contribution in [0.5, 0.6) is 0 Å². The van der Waals surface area contributed by atoms with Gasteiger partial charge in [-0.25, -0.2) is 0 Å². The zero-order valence-electron chi connectivity index (χ0n) is 7.95. The van der Waals surface area contributed by atoms with Gasteiger partial charge in [-0.1, -0.05) is 42.1 Å². The molecule has 0 amide bonds. The van der Waals surface area contributed by atoms with Gasteiger partial charge in [-0.15, -0.1) is 0 Å². The van der Waals surface area contributed by atoms with Crippen molar-refractivity contribution < 1.29 is 17.8 Å². The van der Waals surface area contributed by atoms with E-state index in [0.717, 1.165) is 0 Å². The summed E-state index contributed by atoms with van der Waals surface area (Å²) in [5.41, 5.74) is 0.415. The molecule has 1 rings (SSSR count). The first-order valence-electron chi connectivity index (χ1n) is 4.13. The molecule has 0 saturated heterocycles. The molecule has 0 unspecified atom stereocenters. The van der Waals surface area contributed by atoms with Crippen LogP contribution in [0.15, 0.2) is 30.3 Å². The third kappa shape index (κ3) is 3.65. The molecule has 1 atom stereocenters. The largest absolute Gasteiger partial charge is 0.285 e. The van der Waals surface area contributed by atoms with Crippen LogP contribution in [0.3, 0.4) is 0 Å². The minimum atomic E-state index is -4.16. The number of benzene rings is 1. The molecular formula is C9H10O4S2. The first kappa shape index (κ1) is 12.2. The maximum absolute atomic E-state index is 11.5. The molecule has 0 fully saturated rings. The Labute approximate surface area is 92.4 Å². The Morgan fingerprint density at radius 3 is 2.33 bits per heavy atom. The van der Waals surface area contributed by atoms with E-state index in [1.807, 2.05) is 0 Å². The minimum absolute atomic E-state index is 0.374. The first-order valence-corrected chi connectivity index (χ1v) is 6.52. The minimum Gasteiger partial charge on any atom is -0.285 e. The Bertz CT molecular complexity index is 438. The van der Waals surface area contributed by atoms with Gasteiger partial charge in [-0.05, 0) is 6.92 Å². The SMILES string of the molecule is C[C@H](SC(=O)c1ccccc1)S(=O)(=O)O. The number of hydrogen-bond donors (Lipinski definition) is 1. The predicted molar refractivity (Wildman–Crippen MR) is 59.4 cm³/mol. The van der Waals surface area contributed by atoms with E-state index in [1.54, 1.807) is 30.3 Å². The summed E-state index contributed by atoms with van der Waals surface area (Å²) in [6.07, 6.45) is 0. The monoisotopic (exact) mass is 246 g/mol. The van der Waals surface area contributed by atoms with Gasteiger partial charge in [0.05, 0.1) is 0 Å². The van der Waals surface area contributed by atoms with Gasteiger partial charge in [0.25, 0.3) is 10.1 Å². The average Bonchev–Trinajstić information content (AvgIpc) is 2.17. The summed E-state index contributed by atoms with van der Waals surface area (Å²) >= 11 is 0.583. The van der Waals surface area contributed by atoms with Gasteiger partial charge < -0.3 is 0 Å². The maximum Gasteiger partial charge on any atom is 0.277 e. The summed E-state index contributed by atoms with van der Waals surface area (Å²) in [5, 5.41) is -0.374. The molecule has 1 aromatic rings. The van der Waals surface area contributed by atoms with Crippen molar-refractivity contribution in [2.24, 2.45) is 0 Å². The van der Waals surface area contributed by atoms with Crippen LogP contribution >= 0.6 is 11.8 Å². The van der Waals surface area contributed by atoms with E-state index in [0.29, 0.717) is 17.3 Å². The van der Waals surface area contributed by atoms with Crippen molar-refractivity contribution in [2.45, 2.75) is 11.5 Å². The van der Waals surface area contributed by atoms with Crippen LogP contribution in [-0.2, 0) is 10.1 Å².